The summed E-state index contributed by atoms with van der Waals surface area (Å²) in [6.07, 6.45) is 0.626. The van der Waals surface area contributed by atoms with Gasteiger partial charge in [-0.3, -0.25) is 4.79 Å². The molecule has 0 aliphatic carbocycles. The molecule has 18 heavy (non-hydrogen) atoms. The van der Waals surface area contributed by atoms with Gasteiger partial charge in [-0.05, 0) is 19.1 Å². The van der Waals surface area contributed by atoms with E-state index in [1.807, 2.05) is 0 Å². The molecular weight excluding hydrogens is 236 g/mol. The average Bonchev–Trinajstić information content (AvgIpc) is 2.36. The second-order valence-electron chi connectivity index (χ2n) is 3.42. The summed E-state index contributed by atoms with van der Waals surface area (Å²) in [4.78, 5) is 21.5. The van der Waals surface area contributed by atoms with E-state index in [-0.39, 0.29) is 17.9 Å². The van der Waals surface area contributed by atoms with Gasteiger partial charge in [0, 0.05) is 0 Å². The van der Waals surface area contributed by atoms with Crippen molar-refractivity contribution in [3.63, 3.8) is 0 Å². The standard InChI is InChI=1S/C13H14O5/c1-3-17-11-6-4-5-10(7-14)12(11)18-8-9(2)13(15)16/h4-7H,2-3,8H2,1H3,(H,15,16). The molecule has 0 atom stereocenters. The Balaban J connectivity index is 2.93. The van der Waals surface area contributed by atoms with E-state index in [4.69, 9.17) is 14.6 Å². The number of rotatable bonds is 7. The first-order chi connectivity index (χ1) is 8.60. The van der Waals surface area contributed by atoms with Gasteiger partial charge in [-0.1, -0.05) is 12.6 Å². The van der Waals surface area contributed by atoms with Gasteiger partial charge in [-0.2, -0.15) is 0 Å². The summed E-state index contributed by atoms with van der Waals surface area (Å²) < 4.78 is 10.6. The van der Waals surface area contributed by atoms with E-state index in [0.29, 0.717) is 24.2 Å². The molecule has 96 valence electrons. The van der Waals surface area contributed by atoms with Gasteiger partial charge in [-0.25, -0.2) is 4.79 Å². The van der Waals surface area contributed by atoms with E-state index in [0.717, 1.165) is 0 Å². The molecule has 1 rings (SSSR count). The molecule has 0 fully saturated rings. The van der Waals surface area contributed by atoms with Crippen molar-refractivity contribution in [3.8, 4) is 11.5 Å². The Hall–Kier alpha value is -2.30. The predicted octanol–water partition coefficient (Wildman–Crippen LogP) is 1.92. The zero-order chi connectivity index (χ0) is 13.5. The summed E-state index contributed by atoms with van der Waals surface area (Å²) in [5, 5.41) is 8.68. The Labute approximate surface area is 105 Å². The minimum Gasteiger partial charge on any atom is -0.490 e. The zero-order valence-corrected chi connectivity index (χ0v) is 10.0. The van der Waals surface area contributed by atoms with Crippen LogP contribution < -0.4 is 9.47 Å². The fourth-order valence-electron chi connectivity index (χ4n) is 1.27. The zero-order valence-electron chi connectivity index (χ0n) is 10.0. The van der Waals surface area contributed by atoms with Gasteiger partial charge in [0.25, 0.3) is 0 Å². The van der Waals surface area contributed by atoms with Crippen LogP contribution in [0.25, 0.3) is 0 Å². The van der Waals surface area contributed by atoms with E-state index in [1.165, 1.54) is 0 Å². The number of aliphatic carboxylic acids is 1. The van der Waals surface area contributed by atoms with Gasteiger partial charge in [0.1, 0.15) is 6.61 Å². The minimum absolute atomic E-state index is 0.0989. The first-order valence-electron chi connectivity index (χ1n) is 5.35. The molecule has 5 heteroatoms. The smallest absolute Gasteiger partial charge is 0.334 e. The third-order valence-corrected chi connectivity index (χ3v) is 2.13. The number of ether oxygens (including phenoxy) is 2. The normalized spacial score (nSPS) is 9.61. The number of hydrogen-bond donors (Lipinski definition) is 1. The van der Waals surface area contributed by atoms with Crippen LogP contribution in [-0.4, -0.2) is 30.6 Å². The van der Waals surface area contributed by atoms with Crippen molar-refractivity contribution < 1.29 is 24.2 Å². The van der Waals surface area contributed by atoms with Crippen molar-refractivity contribution in [2.24, 2.45) is 0 Å². The SMILES string of the molecule is C=C(COc1c(C=O)cccc1OCC)C(=O)O. The summed E-state index contributed by atoms with van der Waals surface area (Å²) in [5.74, 6) is -0.506. The van der Waals surface area contributed by atoms with Crippen LogP contribution in [0.4, 0.5) is 0 Å². The van der Waals surface area contributed by atoms with Gasteiger partial charge in [0.15, 0.2) is 17.8 Å². The fraction of sp³-hybridized carbons (Fsp3) is 0.231. The molecule has 1 N–H and O–H groups in total. The molecular formula is C13H14O5. The molecule has 0 aliphatic heterocycles. The summed E-state index contributed by atoms with van der Waals surface area (Å²) in [5.41, 5.74) is 0.206. The fourth-order valence-corrected chi connectivity index (χ4v) is 1.27. The first kappa shape index (κ1) is 13.8. The maximum absolute atomic E-state index is 10.9. The van der Waals surface area contributed by atoms with Gasteiger partial charge >= 0.3 is 5.97 Å². The molecule has 0 spiro atoms. The number of carbonyl (C=O) groups excluding carboxylic acids is 1. The van der Waals surface area contributed by atoms with Crippen molar-refractivity contribution in [2.75, 3.05) is 13.2 Å². The van der Waals surface area contributed by atoms with E-state index in [9.17, 15) is 9.59 Å². The van der Waals surface area contributed by atoms with E-state index in [2.05, 4.69) is 6.58 Å². The molecule has 0 saturated carbocycles. The molecule has 0 saturated heterocycles. The average molecular weight is 250 g/mol. The topological polar surface area (TPSA) is 72.8 Å². The van der Waals surface area contributed by atoms with Crippen molar-refractivity contribution in [1.29, 1.82) is 0 Å². The number of hydrogen-bond acceptors (Lipinski definition) is 4. The van der Waals surface area contributed by atoms with Gasteiger partial charge in [-0.15, -0.1) is 0 Å². The van der Waals surface area contributed by atoms with Crippen LogP contribution in [0.15, 0.2) is 30.4 Å². The quantitative estimate of drug-likeness (QED) is 0.591. The molecule has 0 bridgehead atoms. The van der Waals surface area contributed by atoms with Gasteiger partial charge in [0.2, 0.25) is 0 Å². The van der Waals surface area contributed by atoms with Crippen LogP contribution in [0, 0.1) is 0 Å². The summed E-state index contributed by atoms with van der Waals surface area (Å²) in [6, 6.07) is 4.87. The Morgan fingerprint density at radius 3 is 2.72 bits per heavy atom. The number of carboxylic acid groups (broad SMARTS) is 1. The van der Waals surface area contributed by atoms with Crippen molar-refractivity contribution >= 4 is 12.3 Å². The van der Waals surface area contributed by atoms with Crippen LogP contribution in [0.1, 0.15) is 17.3 Å². The predicted molar refractivity (Wildman–Crippen MR) is 65.3 cm³/mol. The number of carboxylic acids is 1. The highest BCUT2D eigenvalue weighted by molar-refractivity contribution is 5.86. The molecule has 0 heterocycles. The molecule has 0 unspecified atom stereocenters. The second kappa shape index (κ2) is 6.44. The molecule has 0 aromatic heterocycles. The lowest BCUT2D eigenvalue weighted by atomic mass is 10.2. The molecule has 1 aromatic rings. The third kappa shape index (κ3) is 3.35. The maximum atomic E-state index is 10.9. The number of aldehydes is 1. The van der Waals surface area contributed by atoms with Gasteiger partial charge < -0.3 is 14.6 Å². The van der Waals surface area contributed by atoms with Gasteiger partial charge in [0.05, 0.1) is 17.7 Å². The summed E-state index contributed by atoms with van der Waals surface area (Å²) in [6.45, 7) is 5.35. The second-order valence-corrected chi connectivity index (χ2v) is 3.42. The van der Waals surface area contributed by atoms with Crippen molar-refractivity contribution in [2.45, 2.75) is 6.92 Å². The van der Waals surface area contributed by atoms with E-state index in [1.54, 1.807) is 25.1 Å². The minimum atomic E-state index is -1.14. The lowest BCUT2D eigenvalue weighted by Gasteiger charge is -2.13. The Kier molecular flexibility index (Phi) is 4.92. The highest BCUT2D eigenvalue weighted by Gasteiger charge is 2.12. The summed E-state index contributed by atoms with van der Waals surface area (Å²) >= 11 is 0. The van der Waals surface area contributed by atoms with Crippen LogP contribution in [-0.2, 0) is 4.79 Å². The molecule has 1 aromatic carbocycles. The first-order valence-corrected chi connectivity index (χ1v) is 5.35. The van der Waals surface area contributed by atoms with Crippen LogP contribution in [0.3, 0.4) is 0 Å². The van der Waals surface area contributed by atoms with Crippen LogP contribution in [0.5, 0.6) is 11.5 Å². The molecule has 0 amide bonds. The maximum Gasteiger partial charge on any atom is 0.334 e. The Morgan fingerprint density at radius 2 is 2.17 bits per heavy atom. The molecule has 0 aliphatic rings. The number of carbonyl (C=O) groups is 2. The number of para-hydroxylation sites is 1. The largest absolute Gasteiger partial charge is 0.490 e. The Morgan fingerprint density at radius 1 is 1.44 bits per heavy atom. The van der Waals surface area contributed by atoms with Crippen LogP contribution >= 0.6 is 0 Å². The highest BCUT2D eigenvalue weighted by Crippen LogP contribution is 2.30. The lowest BCUT2D eigenvalue weighted by Crippen LogP contribution is -2.10. The monoisotopic (exact) mass is 250 g/mol. The van der Waals surface area contributed by atoms with Crippen molar-refractivity contribution in [1.82, 2.24) is 0 Å². The van der Waals surface area contributed by atoms with E-state index < -0.39 is 5.97 Å². The highest BCUT2D eigenvalue weighted by atomic mass is 16.5. The Bertz CT molecular complexity index is 464. The van der Waals surface area contributed by atoms with Crippen molar-refractivity contribution in [3.05, 3.63) is 35.9 Å². The number of benzene rings is 1. The third-order valence-electron chi connectivity index (χ3n) is 2.13. The molecule has 5 nitrogen and oxygen atoms in total. The lowest BCUT2D eigenvalue weighted by molar-refractivity contribution is -0.133. The van der Waals surface area contributed by atoms with Crippen LogP contribution in [0.2, 0.25) is 0 Å². The van der Waals surface area contributed by atoms with E-state index >= 15 is 0 Å². The molecule has 0 radical (unpaired) electrons. The summed E-state index contributed by atoms with van der Waals surface area (Å²) in [7, 11) is 0.